The van der Waals surface area contributed by atoms with Crippen LogP contribution in [0.15, 0.2) is 42.5 Å². The minimum Gasteiger partial charge on any atom is -0.338 e. The van der Waals surface area contributed by atoms with Crippen molar-refractivity contribution in [2.24, 2.45) is 0 Å². The van der Waals surface area contributed by atoms with Gasteiger partial charge >= 0.3 is 12.1 Å². The van der Waals surface area contributed by atoms with Crippen LogP contribution in [0.2, 0.25) is 5.02 Å². The number of urea groups is 2. The molecule has 4 rings (SSSR count). The zero-order valence-corrected chi connectivity index (χ0v) is 20.5. The van der Waals surface area contributed by atoms with E-state index in [-0.39, 0.29) is 0 Å². The van der Waals surface area contributed by atoms with Gasteiger partial charge in [0.15, 0.2) is 11.6 Å². The van der Waals surface area contributed by atoms with Crippen LogP contribution in [0, 0.1) is 18.2 Å². The molecule has 2 N–H and O–H groups in total. The molecule has 7 nitrogen and oxygen atoms in total. The van der Waals surface area contributed by atoms with E-state index in [1.54, 1.807) is 0 Å². The molecule has 0 spiro atoms. The fourth-order valence-electron chi connectivity index (χ4n) is 4.95. The maximum atomic E-state index is 13.7. The SMILES string of the molecule is [C-]#[N+]C1(c2ccccc2Cl)CCN(CCCNC(=O)N2C(=O)NCCC2c2ccc(F)c(F)c2)CC1. The van der Waals surface area contributed by atoms with Gasteiger partial charge in [0.1, 0.15) is 0 Å². The molecule has 1 unspecified atom stereocenters. The Morgan fingerprint density at radius 2 is 1.94 bits per heavy atom. The minimum atomic E-state index is -1.02. The van der Waals surface area contributed by atoms with Crippen molar-refractivity contribution in [1.82, 2.24) is 20.4 Å². The van der Waals surface area contributed by atoms with Crippen LogP contribution in [0.4, 0.5) is 18.4 Å². The first-order valence-electron chi connectivity index (χ1n) is 12.0. The van der Waals surface area contributed by atoms with E-state index >= 15 is 0 Å². The molecule has 4 amide bonds. The van der Waals surface area contributed by atoms with Gasteiger partial charge in [0.2, 0.25) is 0 Å². The molecular weight excluding hydrogens is 488 g/mol. The van der Waals surface area contributed by atoms with Gasteiger partial charge < -0.3 is 20.4 Å². The predicted octanol–water partition coefficient (Wildman–Crippen LogP) is 5.08. The van der Waals surface area contributed by atoms with Gasteiger partial charge in [-0.3, -0.25) is 0 Å². The van der Waals surface area contributed by atoms with E-state index in [9.17, 15) is 18.4 Å². The third kappa shape index (κ3) is 5.45. The number of likely N-dealkylation sites (tertiary alicyclic amines) is 1. The van der Waals surface area contributed by atoms with E-state index in [4.69, 9.17) is 18.2 Å². The fourth-order valence-corrected chi connectivity index (χ4v) is 5.26. The first kappa shape index (κ1) is 25.9. The molecule has 2 aromatic rings. The van der Waals surface area contributed by atoms with Crippen molar-refractivity contribution in [3.8, 4) is 0 Å². The van der Waals surface area contributed by atoms with Gasteiger partial charge in [-0.05, 0) is 49.2 Å². The summed E-state index contributed by atoms with van der Waals surface area (Å²) in [5.41, 5.74) is 0.637. The molecule has 2 heterocycles. The van der Waals surface area contributed by atoms with Crippen LogP contribution in [0.1, 0.15) is 42.9 Å². The van der Waals surface area contributed by atoms with E-state index < -0.39 is 35.3 Å². The highest BCUT2D eigenvalue weighted by Crippen LogP contribution is 2.40. The molecule has 2 fully saturated rings. The van der Waals surface area contributed by atoms with Crippen LogP contribution in [-0.2, 0) is 5.54 Å². The Labute approximate surface area is 214 Å². The summed E-state index contributed by atoms with van der Waals surface area (Å²) < 4.78 is 27.1. The van der Waals surface area contributed by atoms with Gasteiger partial charge in [-0.25, -0.2) is 29.8 Å². The van der Waals surface area contributed by atoms with Gasteiger partial charge in [-0.2, -0.15) is 0 Å². The fraction of sp³-hybridized carbons (Fsp3) is 0.423. The zero-order chi connectivity index (χ0) is 25.7. The Morgan fingerprint density at radius 1 is 1.19 bits per heavy atom. The number of hydrogen-bond acceptors (Lipinski definition) is 3. The van der Waals surface area contributed by atoms with Gasteiger partial charge in [-0.1, -0.05) is 29.8 Å². The predicted molar refractivity (Wildman–Crippen MR) is 132 cm³/mol. The number of carbonyl (C=O) groups excluding carboxylic acids is 2. The third-order valence-electron chi connectivity index (χ3n) is 6.97. The summed E-state index contributed by atoms with van der Waals surface area (Å²) in [6.07, 6.45) is 2.41. The third-order valence-corrected chi connectivity index (χ3v) is 7.30. The molecule has 2 aliphatic rings. The van der Waals surface area contributed by atoms with Gasteiger partial charge in [0.25, 0.3) is 5.54 Å². The number of imide groups is 1. The van der Waals surface area contributed by atoms with Crippen molar-refractivity contribution in [3.05, 3.63) is 81.7 Å². The molecule has 10 heteroatoms. The maximum absolute atomic E-state index is 13.7. The van der Waals surface area contributed by atoms with Gasteiger partial charge in [0, 0.05) is 39.0 Å². The average Bonchev–Trinajstić information content (AvgIpc) is 2.88. The normalized spacial score (nSPS) is 19.9. The molecule has 2 saturated heterocycles. The number of rotatable bonds is 6. The van der Waals surface area contributed by atoms with E-state index in [1.807, 2.05) is 24.3 Å². The lowest BCUT2D eigenvalue weighted by atomic mass is 9.81. The smallest absolute Gasteiger partial charge is 0.326 e. The number of carbonyl (C=O) groups is 2. The second-order valence-electron chi connectivity index (χ2n) is 9.13. The summed E-state index contributed by atoms with van der Waals surface area (Å²) in [5, 5.41) is 6.02. The second-order valence-corrected chi connectivity index (χ2v) is 9.54. The van der Waals surface area contributed by atoms with Crippen LogP contribution >= 0.6 is 11.6 Å². The molecule has 0 aromatic heterocycles. The summed E-state index contributed by atoms with van der Waals surface area (Å²) in [6.45, 7) is 10.7. The number of hydrogen-bond donors (Lipinski definition) is 2. The lowest BCUT2D eigenvalue weighted by Gasteiger charge is -2.35. The van der Waals surface area contributed by atoms with Crippen molar-refractivity contribution in [2.45, 2.75) is 37.3 Å². The standard InChI is InChI=1S/C26H28ClF2N5O2/c1-30-26(19-5-2-3-6-20(19)27)10-15-33(16-11-26)14-4-12-31-24(35)34-23(9-13-32-25(34)36)18-7-8-21(28)22(29)17-18/h2-3,5-8,17,23H,4,9-16H2,(H,31,35)(H,32,36). The minimum absolute atomic E-state index is 0.335. The highest BCUT2D eigenvalue weighted by Gasteiger charge is 2.43. The molecule has 36 heavy (non-hydrogen) atoms. The van der Waals surface area contributed by atoms with Gasteiger partial charge in [-0.15, -0.1) is 0 Å². The van der Waals surface area contributed by atoms with E-state index in [2.05, 4.69) is 20.4 Å². The molecule has 0 bridgehead atoms. The zero-order valence-electron chi connectivity index (χ0n) is 19.8. The quantitative estimate of drug-likeness (QED) is 0.416. The van der Waals surface area contributed by atoms with Gasteiger partial charge in [0.05, 0.1) is 16.6 Å². The summed E-state index contributed by atoms with van der Waals surface area (Å²) in [5.74, 6) is -2.00. The molecule has 1 atom stereocenters. The summed E-state index contributed by atoms with van der Waals surface area (Å²) in [6, 6.07) is 9.11. The Hall–Kier alpha value is -3.22. The van der Waals surface area contributed by atoms with E-state index in [0.29, 0.717) is 49.4 Å². The molecule has 0 aliphatic carbocycles. The number of piperidine rings is 1. The second kappa shape index (κ2) is 11.2. The largest absolute Gasteiger partial charge is 0.338 e. The summed E-state index contributed by atoms with van der Waals surface area (Å²) in [7, 11) is 0. The summed E-state index contributed by atoms with van der Waals surface area (Å²) >= 11 is 6.37. The highest BCUT2D eigenvalue weighted by atomic mass is 35.5. The molecule has 2 aliphatic heterocycles. The van der Waals surface area contributed by atoms with Crippen LogP contribution in [0.25, 0.3) is 4.85 Å². The molecule has 190 valence electrons. The number of benzene rings is 2. The Bertz CT molecular complexity index is 1160. The first-order chi connectivity index (χ1) is 17.3. The number of nitrogens with zero attached hydrogens (tertiary/aromatic N) is 3. The van der Waals surface area contributed by atoms with E-state index in [1.165, 1.54) is 6.07 Å². The number of nitrogens with one attached hydrogen (secondary N) is 2. The monoisotopic (exact) mass is 515 g/mol. The first-order valence-corrected chi connectivity index (χ1v) is 12.4. The molecular formula is C26H28ClF2N5O2. The van der Waals surface area contributed by atoms with Crippen molar-refractivity contribution in [1.29, 1.82) is 0 Å². The lowest BCUT2D eigenvalue weighted by Crippen LogP contribution is -2.54. The van der Waals surface area contributed by atoms with Crippen LogP contribution in [0.3, 0.4) is 0 Å². The molecule has 0 radical (unpaired) electrons. The molecule has 0 saturated carbocycles. The maximum Gasteiger partial charge on any atom is 0.326 e. The Balaban J connectivity index is 1.28. The van der Waals surface area contributed by atoms with Crippen molar-refractivity contribution < 1.29 is 18.4 Å². The Morgan fingerprint density at radius 3 is 2.64 bits per heavy atom. The number of halogens is 3. The lowest BCUT2D eigenvalue weighted by molar-refractivity contribution is 0.153. The average molecular weight is 516 g/mol. The van der Waals surface area contributed by atoms with Crippen molar-refractivity contribution in [3.63, 3.8) is 0 Å². The van der Waals surface area contributed by atoms with Crippen LogP contribution < -0.4 is 10.6 Å². The van der Waals surface area contributed by atoms with E-state index in [0.717, 1.165) is 42.2 Å². The topological polar surface area (TPSA) is 69.0 Å². The van der Waals surface area contributed by atoms with Crippen molar-refractivity contribution >= 4 is 23.7 Å². The molecule has 2 aromatic carbocycles. The summed E-state index contributed by atoms with van der Waals surface area (Å²) in [4.78, 5) is 32.5. The van der Waals surface area contributed by atoms with Crippen molar-refractivity contribution in [2.75, 3.05) is 32.7 Å². The number of amides is 4. The Kier molecular flexibility index (Phi) is 8.07. The van der Waals surface area contributed by atoms with Crippen LogP contribution in [-0.4, -0.2) is 54.6 Å². The van der Waals surface area contributed by atoms with Crippen LogP contribution in [0.5, 0.6) is 0 Å². The highest BCUT2D eigenvalue weighted by molar-refractivity contribution is 6.31.